The number of Topliss-reactive ketones (excluding diaryl/α,β-unsaturated/α-hetero) is 2. The van der Waals surface area contributed by atoms with Crippen LogP contribution in [0, 0.1) is 22.7 Å². The predicted octanol–water partition coefficient (Wildman–Crippen LogP) is 11.5. The van der Waals surface area contributed by atoms with Gasteiger partial charge >= 0.3 is 11.9 Å². The van der Waals surface area contributed by atoms with E-state index in [1.807, 2.05) is 77.2 Å². The summed E-state index contributed by atoms with van der Waals surface area (Å²) in [7, 11) is 0. The fourth-order valence-corrected chi connectivity index (χ4v) is 7.04. The van der Waals surface area contributed by atoms with Crippen LogP contribution in [0.2, 0.25) is 0 Å². The first-order valence-corrected chi connectivity index (χ1v) is 19.6. The Kier molecular flexibility index (Phi) is 18.3. The largest absolute Gasteiger partial charge is 0.454 e. The molecule has 0 heterocycles. The number of hydrogen-bond donors (Lipinski definition) is 0. The lowest BCUT2D eigenvalue weighted by Crippen LogP contribution is -2.47. The fourth-order valence-electron chi connectivity index (χ4n) is 7.04. The van der Waals surface area contributed by atoms with Crippen LogP contribution in [-0.4, -0.2) is 35.7 Å². The molecule has 0 aromatic heterocycles. The molecule has 4 atom stereocenters. The maximum atomic E-state index is 13.0. The van der Waals surface area contributed by atoms with E-state index in [-0.39, 0.29) is 46.2 Å². The standard InChI is InChI=1S/C48H66O6/c1-13-19-43(49)53-41-31-47(9,10)39(37(7)45(41)51)29-27-35(5)25-17-23-33(3)21-15-16-22-34(4)24-18-26-36(6)28-30-40-38(8)46(52)42(32-48(40,11)12)54-44(50)20-14-2/h15-18,21-30,37,39,41-42H,13-14,19-20,31-32H2,1-12H3/b16-15+,23-17+,24-18+,29-27+,30-28+,33-21+,34-22+,35-25+,36-26+/t37?,39?,41-,42-/m0/s1. The zero-order chi connectivity index (χ0) is 40.6. The van der Waals surface area contributed by atoms with Crippen molar-refractivity contribution in [2.24, 2.45) is 22.7 Å². The van der Waals surface area contributed by atoms with Gasteiger partial charge in [-0.1, -0.05) is 156 Å². The molecule has 0 N–H and O–H groups in total. The normalized spacial score (nSPS) is 24.6. The van der Waals surface area contributed by atoms with E-state index >= 15 is 0 Å². The van der Waals surface area contributed by atoms with Crippen molar-refractivity contribution in [3.05, 3.63) is 119 Å². The first-order valence-electron chi connectivity index (χ1n) is 19.6. The summed E-state index contributed by atoms with van der Waals surface area (Å²) in [6, 6.07) is 0. The van der Waals surface area contributed by atoms with Gasteiger partial charge in [0.05, 0.1) is 0 Å². The van der Waals surface area contributed by atoms with Crippen LogP contribution in [-0.2, 0) is 28.7 Å². The topological polar surface area (TPSA) is 86.7 Å². The van der Waals surface area contributed by atoms with Crippen LogP contribution >= 0.6 is 0 Å². The smallest absolute Gasteiger partial charge is 0.306 e. The molecule has 0 aromatic rings. The van der Waals surface area contributed by atoms with Crippen LogP contribution in [0.15, 0.2) is 119 Å². The Morgan fingerprint density at radius 1 is 0.685 bits per heavy atom. The molecule has 0 aliphatic heterocycles. The fraction of sp³-hybridized carbons (Fsp3) is 0.500. The van der Waals surface area contributed by atoms with E-state index in [0.717, 1.165) is 27.9 Å². The van der Waals surface area contributed by atoms with Gasteiger partial charge in [-0.3, -0.25) is 19.2 Å². The summed E-state index contributed by atoms with van der Waals surface area (Å²) in [6.45, 7) is 24.3. The second-order valence-electron chi connectivity index (χ2n) is 16.3. The monoisotopic (exact) mass is 738 g/mol. The predicted molar refractivity (Wildman–Crippen MR) is 222 cm³/mol. The minimum Gasteiger partial charge on any atom is -0.454 e. The summed E-state index contributed by atoms with van der Waals surface area (Å²) in [5, 5.41) is 0. The summed E-state index contributed by atoms with van der Waals surface area (Å²) >= 11 is 0. The van der Waals surface area contributed by atoms with Crippen molar-refractivity contribution in [3.63, 3.8) is 0 Å². The maximum Gasteiger partial charge on any atom is 0.306 e. The maximum absolute atomic E-state index is 13.0. The highest BCUT2D eigenvalue weighted by Crippen LogP contribution is 2.44. The van der Waals surface area contributed by atoms with Gasteiger partial charge in [0.15, 0.2) is 23.8 Å². The zero-order valence-electron chi connectivity index (χ0n) is 35.1. The second kappa shape index (κ2) is 21.5. The lowest BCUT2D eigenvalue weighted by molar-refractivity contribution is -0.163. The molecule has 0 spiro atoms. The number of rotatable bonds is 16. The van der Waals surface area contributed by atoms with Gasteiger partial charge in [-0.25, -0.2) is 0 Å². The van der Waals surface area contributed by atoms with Gasteiger partial charge in [-0.2, -0.15) is 0 Å². The number of carbonyl (C=O) groups is 4. The van der Waals surface area contributed by atoms with E-state index < -0.39 is 12.2 Å². The minimum absolute atomic E-state index is 0.0114. The van der Waals surface area contributed by atoms with Crippen molar-refractivity contribution < 1.29 is 28.7 Å². The average molecular weight is 739 g/mol. The van der Waals surface area contributed by atoms with Gasteiger partial charge < -0.3 is 9.47 Å². The van der Waals surface area contributed by atoms with E-state index in [4.69, 9.17) is 9.47 Å². The zero-order valence-corrected chi connectivity index (χ0v) is 35.1. The Labute approximate surface area is 326 Å². The lowest BCUT2D eigenvalue weighted by Gasteiger charge is -2.43. The van der Waals surface area contributed by atoms with Crippen LogP contribution < -0.4 is 0 Å². The quantitative estimate of drug-likeness (QED) is 0.116. The van der Waals surface area contributed by atoms with Crippen molar-refractivity contribution in [1.82, 2.24) is 0 Å². The van der Waals surface area contributed by atoms with Crippen LogP contribution in [0.25, 0.3) is 0 Å². The molecule has 1 fully saturated rings. The molecule has 1 saturated carbocycles. The van der Waals surface area contributed by atoms with Crippen LogP contribution in [0.5, 0.6) is 0 Å². The highest BCUT2D eigenvalue weighted by Gasteiger charge is 2.46. The molecule has 0 bridgehead atoms. The molecule has 2 aliphatic rings. The van der Waals surface area contributed by atoms with E-state index in [1.54, 1.807) is 0 Å². The molecule has 0 amide bonds. The van der Waals surface area contributed by atoms with Gasteiger partial charge in [0.2, 0.25) is 0 Å². The van der Waals surface area contributed by atoms with Crippen molar-refractivity contribution in [1.29, 1.82) is 0 Å². The number of hydrogen-bond acceptors (Lipinski definition) is 6. The molecule has 294 valence electrons. The highest BCUT2D eigenvalue weighted by atomic mass is 16.6. The van der Waals surface area contributed by atoms with Gasteiger partial charge in [-0.05, 0) is 81.8 Å². The first-order chi connectivity index (χ1) is 25.3. The molecule has 2 unspecified atom stereocenters. The molecule has 0 saturated heterocycles. The third-order valence-corrected chi connectivity index (χ3v) is 10.2. The van der Waals surface area contributed by atoms with Crippen LogP contribution in [0.4, 0.5) is 0 Å². The van der Waals surface area contributed by atoms with E-state index in [9.17, 15) is 19.2 Å². The van der Waals surface area contributed by atoms with Crippen molar-refractivity contribution in [3.8, 4) is 0 Å². The summed E-state index contributed by atoms with van der Waals surface area (Å²) in [4.78, 5) is 50.1. The number of allylic oxidation sites excluding steroid dienone is 19. The SMILES string of the molecule is CCCC(=O)O[C@H]1CC(C)(C)C(/C=C/C(C)=C/C=C/C(C)=C/C=C/C=C(C)/C=C/C=C(C)/C=C/C2C(C)C(=O)[C@@H](OC(=O)CCC)CC2(C)C)=C(C)C1=O. The summed E-state index contributed by atoms with van der Waals surface area (Å²) in [5.74, 6) is -0.866. The van der Waals surface area contributed by atoms with Gasteiger partial charge in [0.1, 0.15) is 0 Å². The average Bonchev–Trinajstić information content (AvgIpc) is 3.07. The molecular weight excluding hydrogens is 673 g/mol. The van der Waals surface area contributed by atoms with Gasteiger partial charge in [-0.15, -0.1) is 0 Å². The molecule has 0 aromatic carbocycles. The first kappa shape index (κ1) is 45.8. The van der Waals surface area contributed by atoms with Crippen LogP contribution in [0.3, 0.4) is 0 Å². The van der Waals surface area contributed by atoms with E-state index in [0.29, 0.717) is 44.1 Å². The Morgan fingerprint density at radius 2 is 1.15 bits per heavy atom. The lowest BCUT2D eigenvalue weighted by atomic mass is 9.62. The second-order valence-corrected chi connectivity index (χ2v) is 16.3. The Hall–Kier alpha value is -4.32. The number of carbonyl (C=O) groups excluding carboxylic acids is 4. The number of ether oxygens (including phenoxy) is 2. The van der Waals surface area contributed by atoms with Gasteiger partial charge in [0.25, 0.3) is 0 Å². The Bertz CT molecular complexity index is 1680. The molecule has 6 nitrogen and oxygen atoms in total. The number of esters is 2. The summed E-state index contributed by atoms with van der Waals surface area (Å²) in [6.07, 6.45) is 30.4. The summed E-state index contributed by atoms with van der Waals surface area (Å²) < 4.78 is 11.1. The highest BCUT2D eigenvalue weighted by molar-refractivity contribution is 6.01. The Balaban J connectivity index is 1.95. The minimum atomic E-state index is -0.712. The molecule has 2 rings (SSSR count). The molecule has 2 aliphatic carbocycles. The van der Waals surface area contributed by atoms with E-state index in [1.165, 1.54) is 0 Å². The van der Waals surface area contributed by atoms with Crippen molar-refractivity contribution in [2.75, 3.05) is 0 Å². The third-order valence-electron chi connectivity index (χ3n) is 10.2. The third kappa shape index (κ3) is 14.5. The molecular formula is C48H66O6. The van der Waals surface area contributed by atoms with E-state index in [2.05, 4.69) is 91.0 Å². The van der Waals surface area contributed by atoms with Crippen molar-refractivity contribution >= 4 is 23.5 Å². The molecule has 6 heteroatoms. The number of ketones is 2. The summed E-state index contributed by atoms with van der Waals surface area (Å²) in [5.41, 5.74) is 5.53. The Morgan fingerprint density at radius 3 is 1.67 bits per heavy atom. The van der Waals surface area contributed by atoms with Gasteiger partial charge in [0, 0.05) is 25.2 Å². The van der Waals surface area contributed by atoms with Crippen molar-refractivity contribution in [2.45, 2.75) is 134 Å². The van der Waals surface area contributed by atoms with Crippen LogP contribution in [0.1, 0.15) is 122 Å². The molecule has 54 heavy (non-hydrogen) atoms. The molecule has 0 radical (unpaired) electrons.